The van der Waals surface area contributed by atoms with E-state index in [4.69, 9.17) is 4.99 Å². The summed E-state index contributed by atoms with van der Waals surface area (Å²) < 4.78 is 0. The van der Waals surface area contributed by atoms with Gasteiger partial charge in [-0.1, -0.05) is 30.3 Å². The van der Waals surface area contributed by atoms with Gasteiger partial charge in [0.25, 0.3) is 5.91 Å². The van der Waals surface area contributed by atoms with Crippen LogP contribution in [0.1, 0.15) is 40.4 Å². The minimum Gasteiger partial charge on any atom is -0.339 e. The standard InChI is InChI=1S/C22H24N4O/c27-21(17-6-2-1-3-7-17)25-12-14-26(15-13-25)22-23-18-10-4-8-16-9-5-11-19(24-22)20(16)18/h1-4,6-8,10,19H,5,9,11-15H2,(H,23,24). The maximum atomic E-state index is 12.7. The molecular formula is C22H24N4O. The van der Waals surface area contributed by atoms with E-state index in [-0.39, 0.29) is 11.9 Å². The summed E-state index contributed by atoms with van der Waals surface area (Å²) in [6.45, 7) is 3.08. The van der Waals surface area contributed by atoms with E-state index in [1.165, 1.54) is 23.2 Å². The molecule has 1 N–H and O–H groups in total. The highest BCUT2D eigenvalue weighted by Gasteiger charge is 2.30. The lowest BCUT2D eigenvalue weighted by molar-refractivity contribution is 0.0691. The van der Waals surface area contributed by atoms with Crippen molar-refractivity contribution in [3.8, 4) is 0 Å². The molecule has 0 saturated carbocycles. The van der Waals surface area contributed by atoms with Gasteiger partial charge in [-0.05, 0) is 43.0 Å². The quantitative estimate of drug-likeness (QED) is 0.849. The third kappa shape index (κ3) is 2.97. The fraction of sp³-hybridized carbons (Fsp3) is 0.364. The SMILES string of the molecule is O=C(c1ccccc1)N1CCN(C2=NC3CCCc4cccc(c43)N2)CC1. The van der Waals surface area contributed by atoms with Gasteiger partial charge in [-0.2, -0.15) is 0 Å². The molecule has 1 amide bonds. The van der Waals surface area contributed by atoms with Gasteiger partial charge in [-0.25, -0.2) is 4.99 Å². The van der Waals surface area contributed by atoms with Crippen LogP contribution in [0.15, 0.2) is 53.5 Å². The van der Waals surface area contributed by atoms with Gasteiger partial charge < -0.3 is 15.1 Å². The number of aryl methyl sites for hydroxylation is 1. The van der Waals surface area contributed by atoms with Gasteiger partial charge in [0, 0.05) is 43.0 Å². The minimum atomic E-state index is 0.121. The molecule has 2 aliphatic heterocycles. The summed E-state index contributed by atoms with van der Waals surface area (Å²) in [5, 5.41) is 3.55. The van der Waals surface area contributed by atoms with Crippen LogP contribution in [0.3, 0.4) is 0 Å². The van der Waals surface area contributed by atoms with Crippen LogP contribution >= 0.6 is 0 Å². The van der Waals surface area contributed by atoms with Crippen molar-refractivity contribution in [1.82, 2.24) is 9.80 Å². The molecule has 5 nitrogen and oxygen atoms in total. The predicted octanol–water partition coefficient (Wildman–Crippen LogP) is 3.30. The zero-order valence-corrected chi connectivity index (χ0v) is 15.4. The number of guanidine groups is 1. The normalized spacial score (nSPS) is 21.2. The summed E-state index contributed by atoms with van der Waals surface area (Å²) in [4.78, 5) is 21.9. The van der Waals surface area contributed by atoms with Gasteiger partial charge in [0.15, 0.2) is 5.96 Å². The average molecular weight is 360 g/mol. The first-order chi connectivity index (χ1) is 13.3. The van der Waals surface area contributed by atoms with E-state index < -0.39 is 0 Å². The summed E-state index contributed by atoms with van der Waals surface area (Å²) >= 11 is 0. The zero-order valence-electron chi connectivity index (χ0n) is 15.4. The molecule has 5 rings (SSSR count). The topological polar surface area (TPSA) is 47.9 Å². The van der Waals surface area contributed by atoms with Crippen LogP contribution in [-0.2, 0) is 6.42 Å². The zero-order chi connectivity index (χ0) is 18.2. The monoisotopic (exact) mass is 360 g/mol. The molecule has 1 fully saturated rings. The summed E-state index contributed by atoms with van der Waals surface area (Å²) in [6.07, 6.45) is 3.49. The Balaban J connectivity index is 1.29. The molecule has 2 aromatic rings. The summed E-state index contributed by atoms with van der Waals surface area (Å²) in [6, 6.07) is 16.4. The number of nitrogens with zero attached hydrogens (tertiary/aromatic N) is 3. The second kappa shape index (κ2) is 6.72. The van der Waals surface area contributed by atoms with Crippen molar-refractivity contribution in [3.63, 3.8) is 0 Å². The van der Waals surface area contributed by atoms with Crippen LogP contribution in [0, 0.1) is 0 Å². The van der Waals surface area contributed by atoms with Crippen LogP contribution in [0.4, 0.5) is 5.69 Å². The first-order valence-corrected chi connectivity index (χ1v) is 9.85. The van der Waals surface area contributed by atoms with Crippen molar-refractivity contribution >= 4 is 17.6 Å². The number of carbonyl (C=O) groups excluding carboxylic acids is 1. The van der Waals surface area contributed by atoms with Crippen LogP contribution < -0.4 is 5.32 Å². The number of hydrogen-bond acceptors (Lipinski definition) is 4. The fourth-order valence-corrected chi connectivity index (χ4v) is 4.44. The molecule has 1 aliphatic carbocycles. The predicted molar refractivity (Wildman–Crippen MR) is 107 cm³/mol. The van der Waals surface area contributed by atoms with Crippen molar-refractivity contribution in [3.05, 3.63) is 65.2 Å². The molecule has 2 heterocycles. The van der Waals surface area contributed by atoms with Crippen LogP contribution in [0.2, 0.25) is 0 Å². The second-order valence-corrected chi connectivity index (χ2v) is 7.51. The van der Waals surface area contributed by atoms with Crippen LogP contribution in [0.5, 0.6) is 0 Å². The Hall–Kier alpha value is -2.82. The molecule has 1 saturated heterocycles. The summed E-state index contributed by atoms with van der Waals surface area (Å²) in [5.74, 6) is 1.09. The molecule has 0 spiro atoms. The third-order valence-corrected chi connectivity index (χ3v) is 5.87. The van der Waals surface area contributed by atoms with Gasteiger partial charge in [-0.15, -0.1) is 0 Å². The smallest absolute Gasteiger partial charge is 0.253 e. The van der Waals surface area contributed by atoms with Crippen molar-refractivity contribution in [2.24, 2.45) is 4.99 Å². The number of anilines is 1. The molecule has 1 unspecified atom stereocenters. The largest absolute Gasteiger partial charge is 0.339 e. The number of carbonyl (C=O) groups is 1. The Kier molecular flexibility index (Phi) is 4.07. The van der Waals surface area contributed by atoms with E-state index in [0.717, 1.165) is 50.5 Å². The van der Waals surface area contributed by atoms with Crippen LogP contribution in [0.25, 0.3) is 0 Å². The first kappa shape index (κ1) is 16.4. The molecule has 1 atom stereocenters. The Bertz CT molecular complexity index is 884. The molecule has 27 heavy (non-hydrogen) atoms. The highest BCUT2D eigenvalue weighted by Crippen LogP contribution is 2.40. The molecule has 2 aromatic carbocycles. The maximum absolute atomic E-state index is 12.7. The lowest BCUT2D eigenvalue weighted by atomic mass is 9.86. The molecule has 0 aromatic heterocycles. The van der Waals surface area contributed by atoms with Crippen molar-refractivity contribution < 1.29 is 4.79 Å². The van der Waals surface area contributed by atoms with E-state index in [0.29, 0.717) is 0 Å². The molecule has 3 aliphatic rings. The Labute approximate surface area is 159 Å². The summed E-state index contributed by atoms with van der Waals surface area (Å²) in [5.41, 5.74) is 4.82. The van der Waals surface area contributed by atoms with Gasteiger partial charge >= 0.3 is 0 Å². The number of piperazine rings is 1. The van der Waals surface area contributed by atoms with Crippen molar-refractivity contribution in [2.45, 2.75) is 25.3 Å². The highest BCUT2D eigenvalue weighted by atomic mass is 16.2. The third-order valence-electron chi connectivity index (χ3n) is 5.87. The lowest BCUT2D eigenvalue weighted by Crippen LogP contribution is -2.52. The first-order valence-electron chi connectivity index (χ1n) is 9.85. The van der Waals surface area contributed by atoms with Gasteiger partial charge in [0.05, 0.1) is 6.04 Å². The van der Waals surface area contributed by atoms with Crippen molar-refractivity contribution in [1.29, 1.82) is 0 Å². The maximum Gasteiger partial charge on any atom is 0.253 e. The number of nitrogens with one attached hydrogen (secondary N) is 1. The van der Waals surface area contributed by atoms with Gasteiger partial charge in [0.1, 0.15) is 0 Å². The highest BCUT2D eigenvalue weighted by molar-refractivity contribution is 5.97. The van der Waals surface area contributed by atoms with E-state index in [1.54, 1.807) is 0 Å². The Morgan fingerprint density at radius 2 is 1.81 bits per heavy atom. The molecule has 5 heteroatoms. The minimum absolute atomic E-state index is 0.121. The molecule has 138 valence electrons. The number of amides is 1. The Morgan fingerprint density at radius 1 is 1.00 bits per heavy atom. The molecule has 0 radical (unpaired) electrons. The van der Waals surface area contributed by atoms with E-state index in [1.807, 2.05) is 35.2 Å². The average Bonchev–Trinajstić information content (AvgIpc) is 2.74. The number of benzene rings is 2. The van der Waals surface area contributed by atoms with E-state index >= 15 is 0 Å². The van der Waals surface area contributed by atoms with E-state index in [9.17, 15) is 4.79 Å². The second-order valence-electron chi connectivity index (χ2n) is 7.51. The number of hydrogen-bond donors (Lipinski definition) is 1. The van der Waals surface area contributed by atoms with Crippen LogP contribution in [-0.4, -0.2) is 47.8 Å². The number of rotatable bonds is 1. The van der Waals surface area contributed by atoms with Gasteiger partial charge in [0.2, 0.25) is 0 Å². The number of aliphatic imine (C=N–C) groups is 1. The van der Waals surface area contributed by atoms with Crippen molar-refractivity contribution in [2.75, 3.05) is 31.5 Å². The fourth-order valence-electron chi connectivity index (χ4n) is 4.44. The Morgan fingerprint density at radius 3 is 2.63 bits per heavy atom. The summed E-state index contributed by atoms with van der Waals surface area (Å²) in [7, 11) is 0. The van der Waals surface area contributed by atoms with Gasteiger partial charge in [-0.3, -0.25) is 4.79 Å². The van der Waals surface area contributed by atoms with E-state index in [2.05, 4.69) is 28.4 Å². The molecule has 0 bridgehead atoms. The molecular weight excluding hydrogens is 336 g/mol. The lowest BCUT2D eigenvalue weighted by Gasteiger charge is -2.39.